The normalized spacial score (nSPS) is 9.92. The number of carbonyl (C=O) groups is 1. The lowest BCUT2D eigenvalue weighted by molar-refractivity contribution is -0.134. The fourth-order valence-corrected chi connectivity index (χ4v) is 2.63. The van der Waals surface area contributed by atoms with Crippen LogP contribution in [0.2, 0.25) is 0 Å². The number of hydrogen-bond acceptors (Lipinski definition) is 4. The Kier molecular flexibility index (Phi) is 6.34. The standard InChI is InChI=1S/C18H18N4.C2H4O2/c1-3-21(4-2)16-8-6-15(7-9-16)17-13-22-12-14(11-19)5-10-18(22)20-17;1-2(3)4/h5-10,12-13H,3-4H2,1-2H3;1H3,(H,3,4). The fraction of sp³-hybridized carbons (Fsp3) is 0.250. The van der Waals surface area contributed by atoms with Gasteiger partial charge < -0.3 is 14.4 Å². The van der Waals surface area contributed by atoms with Crippen molar-refractivity contribution in [2.75, 3.05) is 18.0 Å². The van der Waals surface area contributed by atoms with Gasteiger partial charge in [0, 0.05) is 43.7 Å². The maximum absolute atomic E-state index is 9.00. The van der Waals surface area contributed by atoms with Crippen LogP contribution in [0.25, 0.3) is 16.9 Å². The molecule has 3 aromatic rings. The number of fused-ring (bicyclic) bond motifs is 1. The van der Waals surface area contributed by atoms with Crippen LogP contribution in [0.3, 0.4) is 0 Å². The van der Waals surface area contributed by atoms with E-state index in [1.54, 1.807) is 12.3 Å². The van der Waals surface area contributed by atoms with Gasteiger partial charge in [-0.3, -0.25) is 4.79 Å². The molecule has 0 aliphatic rings. The van der Waals surface area contributed by atoms with Crippen molar-refractivity contribution in [2.24, 2.45) is 0 Å². The van der Waals surface area contributed by atoms with Crippen LogP contribution in [0.5, 0.6) is 0 Å². The minimum absolute atomic E-state index is 0.633. The van der Waals surface area contributed by atoms with Crippen LogP contribution in [0.4, 0.5) is 5.69 Å². The minimum atomic E-state index is -0.833. The van der Waals surface area contributed by atoms with Gasteiger partial charge in [0.15, 0.2) is 0 Å². The van der Waals surface area contributed by atoms with Crippen LogP contribution in [0, 0.1) is 11.3 Å². The molecule has 0 fully saturated rings. The minimum Gasteiger partial charge on any atom is -0.481 e. The van der Waals surface area contributed by atoms with E-state index in [-0.39, 0.29) is 0 Å². The lowest BCUT2D eigenvalue weighted by Crippen LogP contribution is -2.21. The van der Waals surface area contributed by atoms with Crippen molar-refractivity contribution < 1.29 is 9.90 Å². The summed E-state index contributed by atoms with van der Waals surface area (Å²) in [6, 6.07) is 14.3. The molecule has 0 saturated heterocycles. The van der Waals surface area contributed by atoms with E-state index in [1.807, 2.05) is 16.7 Å². The largest absolute Gasteiger partial charge is 0.481 e. The lowest BCUT2D eigenvalue weighted by Gasteiger charge is -2.20. The molecular weight excluding hydrogens is 328 g/mol. The van der Waals surface area contributed by atoms with Gasteiger partial charge in [-0.15, -0.1) is 0 Å². The van der Waals surface area contributed by atoms with Crippen molar-refractivity contribution in [3.8, 4) is 17.3 Å². The summed E-state index contributed by atoms with van der Waals surface area (Å²) in [5, 5.41) is 16.4. The average Bonchev–Trinajstić information content (AvgIpc) is 3.06. The van der Waals surface area contributed by atoms with E-state index in [2.05, 4.69) is 54.1 Å². The van der Waals surface area contributed by atoms with Gasteiger partial charge in [0.2, 0.25) is 0 Å². The van der Waals surface area contributed by atoms with Gasteiger partial charge in [-0.1, -0.05) is 12.1 Å². The van der Waals surface area contributed by atoms with Crippen molar-refractivity contribution in [2.45, 2.75) is 20.8 Å². The Hall–Kier alpha value is -3.33. The van der Waals surface area contributed by atoms with Crippen LogP contribution < -0.4 is 4.90 Å². The summed E-state index contributed by atoms with van der Waals surface area (Å²) in [6.07, 6.45) is 3.76. The molecule has 0 aliphatic carbocycles. The van der Waals surface area contributed by atoms with Gasteiger partial charge in [0.05, 0.1) is 11.3 Å². The number of pyridine rings is 1. The fourth-order valence-electron chi connectivity index (χ4n) is 2.63. The summed E-state index contributed by atoms with van der Waals surface area (Å²) in [6.45, 7) is 7.40. The molecule has 0 unspecified atom stereocenters. The van der Waals surface area contributed by atoms with E-state index in [1.165, 1.54) is 5.69 Å². The molecule has 134 valence electrons. The molecule has 1 aromatic carbocycles. The molecule has 3 rings (SSSR count). The first-order valence-corrected chi connectivity index (χ1v) is 8.42. The summed E-state index contributed by atoms with van der Waals surface area (Å²) >= 11 is 0. The van der Waals surface area contributed by atoms with Gasteiger partial charge in [0.25, 0.3) is 5.97 Å². The highest BCUT2D eigenvalue weighted by Crippen LogP contribution is 2.23. The molecule has 1 N–H and O–H groups in total. The zero-order valence-corrected chi connectivity index (χ0v) is 15.2. The number of rotatable bonds is 4. The molecule has 26 heavy (non-hydrogen) atoms. The van der Waals surface area contributed by atoms with Crippen molar-refractivity contribution in [3.63, 3.8) is 0 Å². The second-order valence-corrected chi connectivity index (χ2v) is 5.66. The highest BCUT2D eigenvalue weighted by Gasteiger charge is 2.06. The molecular formula is C20H22N4O2. The molecule has 0 spiro atoms. The third kappa shape index (κ3) is 4.61. The van der Waals surface area contributed by atoms with E-state index < -0.39 is 5.97 Å². The van der Waals surface area contributed by atoms with Gasteiger partial charge in [0.1, 0.15) is 11.7 Å². The van der Waals surface area contributed by atoms with Crippen LogP contribution in [-0.2, 0) is 4.79 Å². The second kappa shape index (κ2) is 8.67. The quantitative estimate of drug-likeness (QED) is 0.774. The SMILES string of the molecule is CC(=O)O.CCN(CC)c1ccc(-c2cn3cc(C#N)ccc3n2)cc1. The molecule has 0 amide bonds. The predicted molar refractivity (Wildman–Crippen MR) is 102 cm³/mol. The summed E-state index contributed by atoms with van der Waals surface area (Å²) in [5.41, 5.74) is 4.71. The van der Waals surface area contributed by atoms with Crippen molar-refractivity contribution in [3.05, 3.63) is 54.4 Å². The number of aliphatic carboxylic acids is 1. The Morgan fingerprint density at radius 2 is 1.77 bits per heavy atom. The summed E-state index contributed by atoms with van der Waals surface area (Å²) in [5.74, 6) is -0.833. The van der Waals surface area contributed by atoms with E-state index in [4.69, 9.17) is 15.2 Å². The molecule has 0 atom stereocenters. The van der Waals surface area contributed by atoms with E-state index in [0.717, 1.165) is 36.9 Å². The second-order valence-electron chi connectivity index (χ2n) is 5.66. The van der Waals surface area contributed by atoms with E-state index in [9.17, 15) is 0 Å². The molecule has 0 aliphatic heterocycles. The zero-order valence-electron chi connectivity index (χ0n) is 15.2. The molecule has 0 radical (unpaired) electrons. The Balaban J connectivity index is 0.000000552. The van der Waals surface area contributed by atoms with Crippen LogP contribution >= 0.6 is 0 Å². The number of anilines is 1. The first-order valence-electron chi connectivity index (χ1n) is 8.42. The van der Waals surface area contributed by atoms with Gasteiger partial charge in [-0.05, 0) is 38.1 Å². The molecule has 2 aromatic heterocycles. The Bertz CT molecular complexity index is 915. The zero-order chi connectivity index (χ0) is 19.1. The maximum Gasteiger partial charge on any atom is 0.300 e. The molecule has 0 bridgehead atoms. The lowest BCUT2D eigenvalue weighted by atomic mass is 10.1. The first kappa shape index (κ1) is 19.0. The predicted octanol–water partition coefficient (Wildman–Crippen LogP) is 3.81. The number of carboxylic acid groups (broad SMARTS) is 1. The Morgan fingerprint density at radius 1 is 1.15 bits per heavy atom. The van der Waals surface area contributed by atoms with Crippen LogP contribution in [0.1, 0.15) is 26.3 Å². The molecule has 2 heterocycles. The van der Waals surface area contributed by atoms with Gasteiger partial charge >= 0.3 is 0 Å². The summed E-state index contributed by atoms with van der Waals surface area (Å²) in [4.78, 5) is 15.9. The third-order valence-corrected chi connectivity index (χ3v) is 3.87. The highest BCUT2D eigenvalue weighted by atomic mass is 16.4. The molecule has 6 heteroatoms. The Labute approximate surface area is 152 Å². The number of hydrogen-bond donors (Lipinski definition) is 1. The number of nitriles is 1. The molecule has 0 saturated carbocycles. The average molecular weight is 350 g/mol. The highest BCUT2D eigenvalue weighted by molar-refractivity contribution is 5.66. The van der Waals surface area contributed by atoms with Gasteiger partial charge in [-0.25, -0.2) is 4.98 Å². The monoisotopic (exact) mass is 350 g/mol. The third-order valence-electron chi connectivity index (χ3n) is 3.87. The summed E-state index contributed by atoms with van der Waals surface area (Å²) < 4.78 is 1.90. The number of aromatic nitrogens is 2. The Morgan fingerprint density at radius 3 is 2.31 bits per heavy atom. The van der Waals surface area contributed by atoms with Crippen molar-refractivity contribution in [1.29, 1.82) is 5.26 Å². The smallest absolute Gasteiger partial charge is 0.300 e. The topological polar surface area (TPSA) is 81.6 Å². The number of imidazole rings is 1. The van der Waals surface area contributed by atoms with E-state index >= 15 is 0 Å². The molecule has 6 nitrogen and oxygen atoms in total. The van der Waals surface area contributed by atoms with Crippen molar-refractivity contribution >= 4 is 17.3 Å². The maximum atomic E-state index is 9.00. The van der Waals surface area contributed by atoms with E-state index in [0.29, 0.717) is 5.56 Å². The van der Waals surface area contributed by atoms with Crippen LogP contribution in [-0.4, -0.2) is 33.6 Å². The number of benzene rings is 1. The number of carboxylic acids is 1. The van der Waals surface area contributed by atoms with Gasteiger partial charge in [-0.2, -0.15) is 5.26 Å². The van der Waals surface area contributed by atoms with Crippen molar-refractivity contribution in [1.82, 2.24) is 9.38 Å². The summed E-state index contributed by atoms with van der Waals surface area (Å²) in [7, 11) is 0. The van der Waals surface area contributed by atoms with Crippen LogP contribution in [0.15, 0.2) is 48.8 Å². The number of nitrogens with zero attached hydrogens (tertiary/aromatic N) is 4. The first-order chi connectivity index (χ1) is 12.5.